The Morgan fingerprint density at radius 1 is 0.967 bits per heavy atom. The number of ether oxygens (including phenoxy) is 1. The Kier molecular flexibility index (Phi) is 5.26. The Balaban J connectivity index is 1.56. The molecule has 4 rings (SSSR count). The van der Waals surface area contributed by atoms with Crippen molar-refractivity contribution in [2.24, 2.45) is 0 Å². The van der Waals surface area contributed by atoms with Gasteiger partial charge in [-0.2, -0.15) is 0 Å². The van der Waals surface area contributed by atoms with Crippen LogP contribution in [0.25, 0.3) is 0 Å². The Morgan fingerprint density at radius 2 is 1.60 bits per heavy atom. The Hall–Kier alpha value is -3.26. The minimum absolute atomic E-state index is 0.0226. The van der Waals surface area contributed by atoms with Crippen molar-refractivity contribution in [1.82, 2.24) is 9.80 Å². The molecule has 2 fully saturated rings. The van der Waals surface area contributed by atoms with Gasteiger partial charge in [-0.3, -0.25) is 14.5 Å². The van der Waals surface area contributed by atoms with Gasteiger partial charge in [0.05, 0.1) is 24.2 Å². The van der Waals surface area contributed by atoms with Gasteiger partial charge in [-0.15, -0.1) is 0 Å². The molecule has 2 aromatic carbocycles. The van der Waals surface area contributed by atoms with Gasteiger partial charge < -0.3 is 19.5 Å². The molecular weight excluding hydrogens is 391 g/mol. The van der Waals surface area contributed by atoms with Crippen LogP contribution in [0.4, 0.5) is 4.39 Å². The predicted octanol–water partition coefficient (Wildman–Crippen LogP) is 1.05. The molecule has 0 aromatic heterocycles. The molecule has 8 heteroatoms. The van der Waals surface area contributed by atoms with E-state index < -0.39 is 35.4 Å². The third kappa shape index (κ3) is 3.43. The third-order valence-electron chi connectivity index (χ3n) is 5.71. The van der Waals surface area contributed by atoms with Gasteiger partial charge in [0.2, 0.25) is 0 Å². The lowest BCUT2D eigenvalue weighted by Crippen LogP contribution is -2.60. The molecule has 0 aliphatic carbocycles. The van der Waals surface area contributed by atoms with E-state index in [0.717, 1.165) is 0 Å². The zero-order chi connectivity index (χ0) is 21.3. The summed E-state index contributed by atoms with van der Waals surface area (Å²) in [6, 6.07) is 12.9. The number of nitrogens with zero attached hydrogens (tertiary/aromatic N) is 2. The zero-order valence-corrected chi connectivity index (χ0v) is 16.1. The van der Waals surface area contributed by atoms with Crippen molar-refractivity contribution in [2.75, 3.05) is 19.7 Å². The summed E-state index contributed by atoms with van der Waals surface area (Å²) in [5, 5.41) is 11.7. The van der Waals surface area contributed by atoms with E-state index in [0.29, 0.717) is 5.56 Å². The van der Waals surface area contributed by atoms with Crippen LogP contribution in [0, 0.1) is 5.82 Å². The van der Waals surface area contributed by atoms with Gasteiger partial charge in [0.1, 0.15) is 11.5 Å². The summed E-state index contributed by atoms with van der Waals surface area (Å²) in [6.07, 6.45) is 0.436. The van der Waals surface area contributed by atoms with E-state index in [9.17, 15) is 23.9 Å². The van der Waals surface area contributed by atoms with Crippen LogP contribution in [-0.4, -0.2) is 59.0 Å². The van der Waals surface area contributed by atoms with E-state index in [1.54, 1.807) is 36.4 Å². The van der Waals surface area contributed by atoms with E-state index >= 15 is 0 Å². The number of likely N-dealkylation sites (tertiary alicyclic amines) is 1. The molecule has 1 atom stereocenters. The molecule has 0 N–H and O–H groups in total. The molecule has 2 saturated heterocycles. The van der Waals surface area contributed by atoms with E-state index in [4.69, 9.17) is 4.74 Å². The van der Waals surface area contributed by atoms with Crippen molar-refractivity contribution >= 4 is 17.8 Å². The van der Waals surface area contributed by atoms with Crippen LogP contribution >= 0.6 is 0 Å². The second-order valence-electron chi connectivity index (χ2n) is 7.41. The monoisotopic (exact) mass is 411 g/mol. The van der Waals surface area contributed by atoms with Crippen molar-refractivity contribution in [3.8, 4) is 0 Å². The number of hydrogen-bond acceptors (Lipinski definition) is 5. The lowest BCUT2D eigenvalue weighted by atomic mass is 9.96. The Bertz CT molecular complexity index is 973. The maximum atomic E-state index is 14.0. The minimum atomic E-state index is -1.39. The van der Waals surface area contributed by atoms with Gasteiger partial charge in [0.15, 0.2) is 0 Å². The van der Waals surface area contributed by atoms with Crippen LogP contribution in [0.15, 0.2) is 54.6 Å². The highest BCUT2D eigenvalue weighted by atomic mass is 19.1. The fourth-order valence-electron chi connectivity index (χ4n) is 4.13. The predicted molar refractivity (Wildman–Crippen MR) is 102 cm³/mol. The number of piperidine rings is 1. The van der Waals surface area contributed by atoms with Crippen molar-refractivity contribution < 1.29 is 28.6 Å². The minimum Gasteiger partial charge on any atom is -0.548 e. The first-order chi connectivity index (χ1) is 14.4. The third-order valence-corrected chi connectivity index (χ3v) is 5.71. The fourth-order valence-corrected chi connectivity index (χ4v) is 4.13. The van der Waals surface area contributed by atoms with Gasteiger partial charge in [-0.1, -0.05) is 30.3 Å². The lowest BCUT2D eigenvalue weighted by molar-refractivity contribution is -0.310. The summed E-state index contributed by atoms with van der Waals surface area (Å²) >= 11 is 0. The van der Waals surface area contributed by atoms with E-state index in [1.807, 2.05) is 0 Å². The molecule has 30 heavy (non-hydrogen) atoms. The molecule has 7 nitrogen and oxygen atoms in total. The quantitative estimate of drug-likeness (QED) is 0.753. The highest BCUT2D eigenvalue weighted by molar-refractivity contribution is 5.97. The van der Waals surface area contributed by atoms with Crippen molar-refractivity contribution in [3.63, 3.8) is 0 Å². The van der Waals surface area contributed by atoms with Crippen molar-refractivity contribution in [2.45, 2.75) is 24.6 Å². The average Bonchev–Trinajstić information content (AvgIpc) is 3.13. The fraction of sp³-hybridized carbons (Fsp3) is 0.318. The molecule has 2 aliphatic rings. The number of hydrogen-bond donors (Lipinski definition) is 0. The first kappa shape index (κ1) is 20.0. The van der Waals surface area contributed by atoms with Crippen molar-refractivity contribution in [3.05, 3.63) is 71.5 Å². The largest absolute Gasteiger partial charge is 0.548 e. The number of carboxylic acids is 1. The molecule has 2 aliphatic heterocycles. The summed E-state index contributed by atoms with van der Waals surface area (Å²) in [4.78, 5) is 40.2. The number of aliphatic carboxylic acids is 1. The Morgan fingerprint density at radius 3 is 2.23 bits per heavy atom. The van der Waals surface area contributed by atoms with Gasteiger partial charge in [0, 0.05) is 31.5 Å². The number of halogens is 1. The van der Waals surface area contributed by atoms with Crippen LogP contribution in [0.2, 0.25) is 0 Å². The molecule has 0 saturated carbocycles. The van der Waals surface area contributed by atoms with Gasteiger partial charge in [0.25, 0.3) is 11.8 Å². The molecule has 0 radical (unpaired) electrons. The molecule has 2 heterocycles. The summed E-state index contributed by atoms with van der Waals surface area (Å²) < 4.78 is 19.8. The highest BCUT2D eigenvalue weighted by Crippen LogP contribution is 2.38. The second-order valence-corrected chi connectivity index (χ2v) is 7.41. The number of carbonyl (C=O) groups is 3. The van der Waals surface area contributed by atoms with Gasteiger partial charge in [-0.25, -0.2) is 4.39 Å². The first-order valence-electron chi connectivity index (χ1n) is 9.70. The van der Waals surface area contributed by atoms with Gasteiger partial charge in [-0.05, 0) is 24.3 Å². The number of carboxylic acid groups (broad SMARTS) is 1. The first-order valence-corrected chi connectivity index (χ1v) is 9.70. The highest BCUT2D eigenvalue weighted by Gasteiger charge is 2.52. The van der Waals surface area contributed by atoms with Crippen LogP contribution < -0.4 is 5.11 Å². The average molecular weight is 411 g/mol. The van der Waals surface area contributed by atoms with E-state index in [2.05, 4.69) is 0 Å². The Labute approximate surface area is 172 Å². The van der Waals surface area contributed by atoms with Crippen LogP contribution in [0.1, 0.15) is 33.6 Å². The van der Waals surface area contributed by atoms with Gasteiger partial charge >= 0.3 is 0 Å². The summed E-state index contributed by atoms with van der Waals surface area (Å²) in [5.74, 6) is -2.90. The molecule has 2 aromatic rings. The normalized spacial score (nSPS) is 20.4. The summed E-state index contributed by atoms with van der Waals surface area (Å²) in [6.45, 7) is 0.221. The van der Waals surface area contributed by atoms with Crippen LogP contribution in [-0.2, 0) is 9.53 Å². The smallest absolute Gasteiger partial charge is 0.256 e. The molecule has 1 spiro atoms. The number of carbonyl (C=O) groups excluding carboxylic acids is 3. The molecule has 2 amide bonds. The molecule has 0 bridgehead atoms. The maximum absolute atomic E-state index is 14.0. The second kappa shape index (κ2) is 7.87. The number of rotatable bonds is 3. The van der Waals surface area contributed by atoms with Crippen LogP contribution in [0.5, 0.6) is 0 Å². The standard InChI is InChI=1S/C22H21FN2O5/c23-17-9-5-4-8-16(17)20(27)24-12-10-22(11-13-24)25(18(14-30-22)21(28)29)19(26)15-6-2-1-3-7-15/h1-9,18H,10-14H2,(H,28,29)/p-1/t18-/m1/s1. The summed E-state index contributed by atoms with van der Waals surface area (Å²) in [5.41, 5.74) is -0.826. The summed E-state index contributed by atoms with van der Waals surface area (Å²) in [7, 11) is 0. The van der Waals surface area contributed by atoms with Crippen molar-refractivity contribution in [1.29, 1.82) is 0 Å². The lowest BCUT2D eigenvalue weighted by Gasteiger charge is -2.45. The van der Waals surface area contributed by atoms with E-state index in [-0.39, 0.29) is 38.1 Å². The number of benzene rings is 2. The SMILES string of the molecule is O=C([O-])[C@H]1COC2(CCN(C(=O)c3ccccc3F)CC2)N1C(=O)c1ccccc1. The topological polar surface area (TPSA) is 90.0 Å². The van der Waals surface area contributed by atoms with E-state index in [1.165, 1.54) is 28.0 Å². The van der Waals surface area contributed by atoms with Crippen LogP contribution in [0.3, 0.4) is 0 Å². The molecular formula is C22H20FN2O5-. The maximum Gasteiger partial charge on any atom is 0.256 e. The molecule has 156 valence electrons. The molecule has 0 unspecified atom stereocenters. The zero-order valence-electron chi connectivity index (χ0n) is 16.1. The number of amides is 2.